The Kier molecular flexibility index (Phi) is 5.87. The van der Waals surface area contributed by atoms with E-state index in [-0.39, 0.29) is 12.5 Å². The third kappa shape index (κ3) is 4.18. The van der Waals surface area contributed by atoms with Crippen molar-refractivity contribution in [3.63, 3.8) is 0 Å². The molecular formula is C20H22N4O2S2. The highest BCUT2D eigenvalue weighted by Gasteiger charge is 2.24. The lowest BCUT2D eigenvalue weighted by molar-refractivity contribution is -0.133. The van der Waals surface area contributed by atoms with Gasteiger partial charge in [0.15, 0.2) is 11.6 Å². The van der Waals surface area contributed by atoms with Crippen LogP contribution in [-0.2, 0) is 11.2 Å². The number of anilines is 1. The van der Waals surface area contributed by atoms with Gasteiger partial charge in [-0.25, -0.2) is 0 Å². The van der Waals surface area contributed by atoms with E-state index in [1.807, 2.05) is 40.6 Å². The quantitative estimate of drug-likeness (QED) is 0.617. The lowest BCUT2D eigenvalue weighted by atomic mass is 10.1. The van der Waals surface area contributed by atoms with Gasteiger partial charge in [-0.05, 0) is 29.5 Å². The third-order valence-corrected chi connectivity index (χ3v) is 6.78. The second-order valence-corrected chi connectivity index (χ2v) is 8.39. The Morgan fingerprint density at radius 1 is 1.11 bits per heavy atom. The summed E-state index contributed by atoms with van der Waals surface area (Å²) in [6, 6.07) is 12.0. The second kappa shape index (κ2) is 8.70. The molecule has 0 radical (unpaired) electrons. The molecule has 1 aliphatic rings. The van der Waals surface area contributed by atoms with E-state index in [0.717, 1.165) is 45.8 Å². The maximum absolute atomic E-state index is 12.5. The van der Waals surface area contributed by atoms with E-state index in [4.69, 9.17) is 4.74 Å². The van der Waals surface area contributed by atoms with Crippen LogP contribution >= 0.6 is 22.7 Å². The number of aryl methyl sites for hydroxylation is 1. The van der Waals surface area contributed by atoms with E-state index < -0.39 is 0 Å². The highest BCUT2D eigenvalue weighted by Crippen LogP contribution is 2.31. The number of benzene rings is 1. The first-order valence-electron chi connectivity index (χ1n) is 9.35. The normalized spacial score (nSPS) is 14.3. The van der Waals surface area contributed by atoms with E-state index in [9.17, 15) is 4.79 Å². The van der Waals surface area contributed by atoms with Crippen LogP contribution in [0.2, 0.25) is 0 Å². The fourth-order valence-electron chi connectivity index (χ4n) is 3.16. The Bertz CT molecular complexity index is 918. The van der Waals surface area contributed by atoms with Gasteiger partial charge in [0.25, 0.3) is 5.91 Å². The van der Waals surface area contributed by atoms with E-state index >= 15 is 0 Å². The molecule has 0 atom stereocenters. The molecule has 146 valence electrons. The highest BCUT2D eigenvalue weighted by molar-refractivity contribution is 7.22. The standard InChI is InChI=1S/C20H22N4O2S2/c1-2-15-6-3-4-7-16(15)26-14-18(25)23-9-11-24(12-10-23)20-22-21-19(28-20)17-8-5-13-27-17/h3-8,13H,2,9-12,14H2,1H3. The smallest absolute Gasteiger partial charge is 0.260 e. The largest absolute Gasteiger partial charge is 0.483 e. The molecule has 1 aliphatic heterocycles. The van der Waals surface area contributed by atoms with Crippen LogP contribution in [0, 0.1) is 0 Å². The lowest BCUT2D eigenvalue weighted by Crippen LogP contribution is -2.50. The van der Waals surface area contributed by atoms with E-state index in [1.165, 1.54) is 0 Å². The van der Waals surface area contributed by atoms with Crippen LogP contribution in [0.4, 0.5) is 5.13 Å². The number of hydrogen-bond acceptors (Lipinski definition) is 7. The SMILES string of the molecule is CCc1ccccc1OCC(=O)N1CCN(c2nnc(-c3cccs3)s2)CC1. The van der Waals surface area contributed by atoms with Crippen LogP contribution in [0.15, 0.2) is 41.8 Å². The van der Waals surface area contributed by atoms with Crippen molar-refractivity contribution in [3.8, 4) is 15.6 Å². The number of carbonyl (C=O) groups is 1. The van der Waals surface area contributed by atoms with Gasteiger partial charge in [-0.1, -0.05) is 42.5 Å². The molecule has 8 heteroatoms. The average Bonchev–Trinajstić information content (AvgIpc) is 3.44. The Balaban J connectivity index is 1.29. The molecule has 0 N–H and O–H groups in total. The first-order chi connectivity index (χ1) is 13.7. The molecule has 1 saturated heterocycles. The van der Waals surface area contributed by atoms with Crippen molar-refractivity contribution in [2.24, 2.45) is 0 Å². The van der Waals surface area contributed by atoms with E-state index in [2.05, 4.69) is 28.1 Å². The van der Waals surface area contributed by atoms with Crippen LogP contribution in [0.3, 0.4) is 0 Å². The van der Waals surface area contributed by atoms with Crippen molar-refractivity contribution in [3.05, 3.63) is 47.3 Å². The first kappa shape index (κ1) is 18.9. The number of para-hydroxylation sites is 1. The molecule has 0 spiro atoms. The second-order valence-electron chi connectivity index (χ2n) is 6.48. The number of piperazine rings is 1. The van der Waals surface area contributed by atoms with Gasteiger partial charge in [0.05, 0.1) is 4.88 Å². The summed E-state index contributed by atoms with van der Waals surface area (Å²) in [7, 11) is 0. The number of hydrogen-bond donors (Lipinski definition) is 0. The molecule has 0 unspecified atom stereocenters. The monoisotopic (exact) mass is 414 g/mol. The zero-order valence-corrected chi connectivity index (χ0v) is 17.3. The van der Waals surface area contributed by atoms with Crippen molar-refractivity contribution in [1.29, 1.82) is 0 Å². The Morgan fingerprint density at radius 3 is 2.68 bits per heavy atom. The average molecular weight is 415 g/mol. The molecule has 0 aliphatic carbocycles. The summed E-state index contributed by atoms with van der Waals surface area (Å²) in [6.45, 7) is 5.03. The van der Waals surface area contributed by atoms with E-state index in [1.54, 1.807) is 22.7 Å². The van der Waals surface area contributed by atoms with Crippen molar-refractivity contribution in [1.82, 2.24) is 15.1 Å². The predicted molar refractivity (Wildman–Crippen MR) is 113 cm³/mol. The number of nitrogens with zero attached hydrogens (tertiary/aromatic N) is 4. The van der Waals surface area contributed by atoms with Gasteiger partial charge in [-0.3, -0.25) is 4.79 Å². The fourth-order valence-corrected chi connectivity index (χ4v) is 4.85. The maximum atomic E-state index is 12.5. The third-order valence-electron chi connectivity index (χ3n) is 4.75. The number of ether oxygens (including phenoxy) is 1. The van der Waals surface area contributed by atoms with Crippen molar-refractivity contribution >= 4 is 33.7 Å². The number of aromatic nitrogens is 2. The maximum Gasteiger partial charge on any atom is 0.260 e. The summed E-state index contributed by atoms with van der Waals surface area (Å²) in [5.41, 5.74) is 1.12. The molecule has 1 fully saturated rings. The number of thiophene rings is 1. The lowest BCUT2D eigenvalue weighted by Gasteiger charge is -2.34. The van der Waals surface area contributed by atoms with Gasteiger partial charge < -0.3 is 14.5 Å². The molecular weight excluding hydrogens is 392 g/mol. The van der Waals surface area contributed by atoms with Gasteiger partial charge in [-0.2, -0.15) is 0 Å². The number of rotatable bonds is 6. The van der Waals surface area contributed by atoms with Crippen LogP contribution in [0.5, 0.6) is 5.75 Å². The first-order valence-corrected chi connectivity index (χ1v) is 11.0. The molecule has 3 heterocycles. The zero-order chi connectivity index (χ0) is 19.3. The van der Waals surface area contributed by atoms with Crippen molar-refractivity contribution in [2.45, 2.75) is 13.3 Å². The highest BCUT2D eigenvalue weighted by atomic mass is 32.1. The van der Waals surface area contributed by atoms with Gasteiger partial charge in [-0.15, -0.1) is 21.5 Å². The minimum atomic E-state index is 0.0297. The summed E-state index contributed by atoms with van der Waals surface area (Å²) in [6.07, 6.45) is 0.887. The fraction of sp³-hybridized carbons (Fsp3) is 0.350. The molecule has 0 saturated carbocycles. The van der Waals surface area contributed by atoms with Crippen molar-refractivity contribution in [2.75, 3.05) is 37.7 Å². The minimum absolute atomic E-state index is 0.0297. The molecule has 1 amide bonds. The summed E-state index contributed by atoms with van der Waals surface area (Å²) in [5, 5.41) is 12.6. The van der Waals surface area contributed by atoms with Crippen LogP contribution in [-0.4, -0.2) is 53.8 Å². The summed E-state index contributed by atoms with van der Waals surface area (Å²) < 4.78 is 5.78. The number of amides is 1. The number of carbonyl (C=O) groups excluding carboxylic acids is 1. The van der Waals surface area contributed by atoms with Gasteiger partial charge in [0.2, 0.25) is 5.13 Å². The Morgan fingerprint density at radius 2 is 1.93 bits per heavy atom. The Hall–Kier alpha value is -2.45. The van der Waals surface area contributed by atoms with Crippen LogP contribution in [0.25, 0.3) is 9.88 Å². The van der Waals surface area contributed by atoms with Gasteiger partial charge in [0.1, 0.15) is 5.75 Å². The van der Waals surface area contributed by atoms with Gasteiger partial charge >= 0.3 is 0 Å². The summed E-state index contributed by atoms with van der Waals surface area (Å²) >= 11 is 3.27. The predicted octanol–water partition coefficient (Wildman–Crippen LogP) is 3.56. The van der Waals surface area contributed by atoms with Crippen LogP contribution in [0.1, 0.15) is 12.5 Å². The molecule has 28 heavy (non-hydrogen) atoms. The molecule has 0 bridgehead atoms. The van der Waals surface area contributed by atoms with Crippen LogP contribution < -0.4 is 9.64 Å². The Labute approximate surface area is 172 Å². The van der Waals surface area contributed by atoms with Gasteiger partial charge in [0, 0.05) is 26.2 Å². The minimum Gasteiger partial charge on any atom is -0.483 e. The molecule has 1 aromatic carbocycles. The van der Waals surface area contributed by atoms with E-state index in [0.29, 0.717) is 13.1 Å². The summed E-state index contributed by atoms with van der Waals surface area (Å²) in [5.74, 6) is 0.828. The molecule has 4 rings (SSSR count). The molecule has 3 aromatic rings. The topological polar surface area (TPSA) is 58.6 Å². The van der Waals surface area contributed by atoms with Crippen molar-refractivity contribution < 1.29 is 9.53 Å². The summed E-state index contributed by atoms with van der Waals surface area (Å²) in [4.78, 5) is 17.7. The molecule has 6 nitrogen and oxygen atoms in total. The molecule has 2 aromatic heterocycles. The zero-order valence-electron chi connectivity index (χ0n) is 15.7.